The van der Waals surface area contributed by atoms with Gasteiger partial charge in [-0.1, -0.05) is 0 Å². The van der Waals surface area contributed by atoms with E-state index in [-0.39, 0.29) is 0 Å². The Kier molecular flexibility index (Phi) is 2.45. The Morgan fingerprint density at radius 1 is 1.13 bits per heavy atom. The van der Waals surface area contributed by atoms with Crippen LogP contribution in [0.4, 0.5) is 5.82 Å². The van der Waals surface area contributed by atoms with Crippen molar-refractivity contribution in [2.24, 2.45) is 0 Å². The van der Waals surface area contributed by atoms with Crippen molar-refractivity contribution in [1.82, 2.24) is 15.0 Å². The number of hydrogen-bond acceptors (Lipinski definition) is 5. The van der Waals surface area contributed by atoms with Crippen molar-refractivity contribution in [3.05, 3.63) is 30.7 Å². The lowest BCUT2D eigenvalue weighted by Crippen LogP contribution is -1.95. The van der Waals surface area contributed by atoms with E-state index >= 15 is 0 Å². The summed E-state index contributed by atoms with van der Waals surface area (Å²) in [5.74, 6) is 0.920. The summed E-state index contributed by atoms with van der Waals surface area (Å²) in [6.07, 6.45) is 4.81. The number of aromatic nitrogens is 3. The van der Waals surface area contributed by atoms with Crippen molar-refractivity contribution >= 4 is 5.82 Å². The summed E-state index contributed by atoms with van der Waals surface area (Å²) in [5, 5.41) is 0. The third-order valence-electron chi connectivity index (χ3n) is 1.91. The first-order chi connectivity index (χ1) is 7.31. The lowest BCUT2D eigenvalue weighted by atomic mass is 10.2. The number of nitrogen functional groups attached to an aromatic ring is 1. The van der Waals surface area contributed by atoms with Crippen LogP contribution < -0.4 is 10.5 Å². The first kappa shape index (κ1) is 9.39. The second kappa shape index (κ2) is 3.91. The predicted octanol–water partition coefficient (Wildman–Crippen LogP) is 1.13. The summed E-state index contributed by atoms with van der Waals surface area (Å²) in [6, 6.07) is 3.54. The standard InChI is InChI=1S/C10H10N4O/c1-15-10-9(13-4-5-14-10)7-2-3-12-8(11)6-7/h2-6H,1H3,(H2,11,12). The van der Waals surface area contributed by atoms with Gasteiger partial charge in [-0.2, -0.15) is 0 Å². The maximum atomic E-state index is 5.59. The highest BCUT2D eigenvalue weighted by Crippen LogP contribution is 2.25. The molecular formula is C10H10N4O. The van der Waals surface area contributed by atoms with Gasteiger partial charge in [-0.3, -0.25) is 0 Å². The summed E-state index contributed by atoms with van der Waals surface area (Å²) < 4.78 is 5.10. The van der Waals surface area contributed by atoms with Crippen LogP contribution in [0.3, 0.4) is 0 Å². The molecule has 76 valence electrons. The minimum absolute atomic E-state index is 0.445. The second-order valence-corrected chi connectivity index (χ2v) is 2.88. The molecule has 0 spiro atoms. The number of rotatable bonds is 2. The fraction of sp³-hybridized carbons (Fsp3) is 0.100. The SMILES string of the molecule is COc1nccnc1-c1ccnc(N)c1. The number of methoxy groups -OCH3 is 1. The maximum absolute atomic E-state index is 5.59. The van der Waals surface area contributed by atoms with Gasteiger partial charge in [-0.15, -0.1) is 0 Å². The van der Waals surface area contributed by atoms with Crippen LogP contribution in [-0.4, -0.2) is 22.1 Å². The van der Waals surface area contributed by atoms with Crippen LogP contribution in [0.15, 0.2) is 30.7 Å². The minimum atomic E-state index is 0.445. The molecule has 2 aromatic rings. The van der Waals surface area contributed by atoms with E-state index in [1.54, 1.807) is 31.8 Å². The highest BCUT2D eigenvalue weighted by atomic mass is 16.5. The Balaban J connectivity index is 2.53. The monoisotopic (exact) mass is 202 g/mol. The van der Waals surface area contributed by atoms with Gasteiger partial charge in [0.2, 0.25) is 5.88 Å². The normalized spacial score (nSPS) is 9.93. The summed E-state index contributed by atoms with van der Waals surface area (Å²) in [4.78, 5) is 12.2. The van der Waals surface area contributed by atoms with Crippen LogP contribution in [0.1, 0.15) is 0 Å². The van der Waals surface area contributed by atoms with Crippen LogP contribution in [0.5, 0.6) is 5.88 Å². The molecule has 0 aliphatic carbocycles. The Morgan fingerprint density at radius 3 is 2.67 bits per heavy atom. The van der Waals surface area contributed by atoms with Gasteiger partial charge in [0.05, 0.1) is 7.11 Å². The van der Waals surface area contributed by atoms with Gasteiger partial charge in [0.25, 0.3) is 0 Å². The van der Waals surface area contributed by atoms with Gasteiger partial charge < -0.3 is 10.5 Å². The maximum Gasteiger partial charge on any atom is 0.240 e. The molecule has 0 saturated heterocycles. The van der Waals surface area contributed by atoms with Gasteiger partial charge >= 0.3 is 0 Å². The van der Waals surface area contributed by atoms with Gasteiger partial charge in [0, 0.05) is 24.2 Å². The Hall–Kier alpha value is -2.17. The number of ether oxygens (including phenoxy) is 1. The molecule has 2 N–H and O–H groups in total. The summed E-state index contributed by atoms with van der Waals surface area (Å²) in [6.45, 7) is 0. The molecule has 0 aliphatic heterocycles. The zero-order valence-electron chi connectivity index (χ0n) is 8.21. The predicted molar refractivity (Wildman–Crippen MR) is 56.2 cm³/mol. The molecule has 0 amide bonds. The summed E-state index contributed by atoms with van der Waals surface area (Å²) in [7, 11) is 1.55. The molecule has 0 aromatic carbocycles. The van der Waals surface area contributed by atoms with E-state index in [4.69, 9.17) is 10.5 Å². The van der Waals surface area contributed by atoms with E-state index in [0.717, 1.165) is 5.56 Å². The molecule has 0 bridgehead atoms. The third kappa shape index (κ3) is 1.85. The fourth-order valence-corrected chi connectivity index (χ4v) is 1.27. The Bertz CT molecular complexity index is 472. The van der Waals surface area contributed by atoms with E-state index in [2.05, 4.69) is 15.0 Å². The molecule has 5 nitrogen and oxygen atoms in total. The topological polar surface area (TPSA) is 73.9 Å². The van der Waals surface area contributed by atoms with E-state index < -0.39 is 0 Å². The molecule has 0 radical (unpaired) electrons. The van der Waals surface area contributed by atoms with Crippen LogP contribution in [0, 0.1) is 0 Å². The quantitative estimate of drug-likeness (QED) is 0.790. The highest BCUT2D eigenvalue weighted by Gasteiger charge is 2.07. The van der Waals surface area contributed by atoms with E-state index in [9.17, 15) is 0 Å². The van der Waals surface area contributed by atoms with Gasteiger partial charge in [-0.25, -0.2) is 15.0 Å². The van der Waals surface area contributed by atoms with E-state index in [1.165, 1.54) is 0 Å². The van der Waals surface area contributed by atoms with Crippen molar-refractivity contribution in [1.29, 1.82) is 0 Å². The summed E-state index contributed by atoms with van der Waals surface area (Å²) >= 11 is 0. The molecule has 0 aliphatic rings. The lowest BCUT2D eigenvalue weighted by Gasteiger charge is -2.05. The third-order valence-corrected chi connectivity index (χ3v) is 1.91. The van der Waals surface area contributed by atoms with Crippen LogP contribution in [-0.2, 0) is 0 Å². The lowest BCUT2D eigenvalue weighted by molar-refractivity contribution is 0.398. The first-order valence-corrected chi connectivity index (χ1v) is 4.38. The van der Waals surface area contributed by atoms with Gasteiger partial charge in [0.15, 0.2) is 0 Å². The highest BCUT2D eigenvalue weighted by molar-refractivity contribution is 5.66. The molecule has 5 heteroatoms. The molecule has 0 saturated carbocycles. The van der Waals surface area contributed by atoms with Crippen LogP contribution in [0.25, 0.3) is 11.3 Å². The van der Waals surface area contributed by atoms with E-state index in [0.29, 0.717) is 17.4 Å². The molecule has 2 aromatic heterocycles. The number of anilines is 1. The van der Waals surface area contributed by atoms with Crippen molar-refractivity contribution in [3.8, 4) is 17.1 Å². The van der Waals surface area contributed by atoms with Crippen molar-refractivity contribution in [2.75, 3.05) is 12.8 Å². The van der Waals surface area contributed by atoms with Crippen molar-refractivity contribution in [3.63, 3.8) is 0 Å². The average Bonchev–Trinajstić information content (AvgIpc) is 2.29. The van der Waals surface area contributed by atoms with Gasteiger partial charge in [-0.05, 0) is 12.1 Å². The van der Waals surface area contributed by atoms with Crippen LogP contribution >= 0.6 is 0 Å². The van der Waals surface area contributed by atoms with Crippen LogP contribution in [0.2, 0.25) is 0 Å². The summed E-state index contributed by atoms with van der Waals surface area (Å²) in [5.41, 5.74) is 7.09. The number of pyridine rings is 1. The van der Waals surface area contributed by atoms with Crippen molar-refractivity contribution in [2.45, 2.75) is 0 Å². The Labute approximate surface area is 87.0 Å². The fourth-order valence-electron chi connectivity index (χ4n) is 1.27. The second-order valence-electron chi connectivity index (χ2n) is 2.88. The molecule has 0 fully saturated rings. The van der Waals surface area contributed by atoms with Crippen molar-refractivity contribution < 1.29 is 4.74 Å². The molecule has 15 heavy (non-hydrogen) atoms. The van der Waals surface area contributed by atoms with E-state index in [1.807, 2.05) is 6.07 Å². The zero-order valence-corrected chi connectivity index (χ0v) is 8.21. The Morgan fingerprint density at radius 2 is 1.93 bits per heavy atom. The number of nitrogens with zero attached hydrogens (tertiary/aromatic N) is 3. The molecule has 2 heterocycles. The average molecular weight is 202 g/mol. The van der Waals surface area contributed by atoms with Gasteiger partial charge in [0.1, 0.15) is 11.5 Å². The smallest absolute Gasteiger partial charge is 0.240 e. The molecule has 0 atom stereocenters. The zero-order chi connectivity index (χ0) is 10.7. The largest absolute Gasteiger partial charge is 0.479 e. The number of nitrogens with two attached hydrogens (primary N) is 1. The number of hydrogen-bond donors (Lipinski definition) is 1. The first-order valence-electron chi connectivity index (χ1n) is 4.38. The molecular weight excluding hydrogens is 192 g/mol. The minimum Gasteiger partial charge on any atom is -0.479 e. The molecule has 0 unspecified atom stereocenters. The molecule has 2 rings (SSSR count).